The molecule has 2 aliphatic heterocycles. The summed E-state index contributed by atoms with van der Waals surface area (Å²) in [6.45, 7) is 13.1. The van der Waals surface area contributed by atoms with E-state index in [9.17, 15) is 28.2 Å². The first kappa shape index (κ1) is 55.2. The molecule has 2 saturated heterocycles. The van der Waals surface area contributed by atoms with Crippen molar-refractivity contribution in [2.75, 3.05) is 80.8 Å². The van der Waals surface area contributed by atoms with Gasteiger partial charge in [0.05, 0.1) is 28.3 Å². The molecule has 74 heavy (non-hydrogen) atoms. The van der Waals surface area contributed by atoms with Crippen molar-refractivity contribution in [3.05, 3.63) is 153 Å². The van der Waals surface area contributed by atoms with Gasteiger partial charge in [0.2, 0.25) is 7.37 Å². The average molecular weight is 1080 g/mol. The van der Waals surface area contributed by atoms with Crippen LogP contribution < -0.4 is 15.1 Å². The zero-order valence-corrected chi connectivity index (χ0v) is 46.2. The van der Waals surface area contributed by atoms with Gasteiger partial charge in [0, 0.05) is 100 Å². The van der Waals surface area contributed by atoms with Crippen molar-refractivity contribution in [3.63, 3.8) is 0 Å². The minimum atomic E-state index is -3.75. The lowest BCUT2D eigenvalue weighted by atomic mass is 9.94. The summed E-state index contributed by atoms with van der Waals surface area (Å²) in [5, 5.41) is 23.3. The van der Waals surface area contributed by atoms with Crippen molar-refractivity contribution in [2.24, 2.45) is 11.8 Å². The maximum Gasteiger partial charge on any atom is 0.273 e. The highest BCUT2D eigenvalue weighted by atomic mass is 35.5. The van der Waals surface area contributed by atoms with Crippen LogP contribution in [0.5, 0.6) is 0 Å². The molecule has 0 spiro atoms. The van der Waals surface area contributed by atoms with E-state index in [-0.39, 0.29) is 46.8 Å². The molecule has 6 aromatic rings. The van der Waals surface area contributed by atoms with E-state index in [2.05, 4.69) is 26.8 Å². The van der Waals surface area contributed by atoms with Crippen LogP contribution in [0.25, 0.3) is 22.4 Å². The van der Waals surface area contributed by atoms with Crippen LogP contribution in [0.3, 0.4) is 0 Å². The SMILES string of the molecule is CCOP(=O)(Cc1ccc(N2CCN(c3cc(F)cc(-c4c(S(C)(=O)=O)c(C)n(C(C)C)c4-c4ccc(Cl)cc4)c3)CC2)cc1)c1ccc(C[C@H](CCN2CCC(CO)CC2)CSc2ccccc2)c([N+](=O)[O-])c1. The maximum absolute atomic E-state index is 15.8. The number of hydrogen-bond donors (Lipinski definition) is 1. The molecule has 0 aliphatic carbocycles. The number of likely N-dealkylation sites (tertiary alicyclic amines) is 1. The third-order valence-electron chi connectivity index (χ3n) is 14.5. The average Bonchev–Trinajstić information content (AvgIpc) is 3.71. The first-order valence-corrected chi connectivity index (χ1v) is 30.6. The predicted molar refractivity (Wildman–Crippen MR) is 300 cm³/mol. The van der Waals surface area contributed by atoms with E-state index < -0.39 is 23.0 Å². The molecule has 17 heteroatoms. The fourth-order valence-corrected chi connectivity index (χ4v) is 15.3. The molecule has 2 atom stereocenters. The van der Waals surface area contributed by atoms with Crippen molar-refractivity contribution < 1.29 is 31.9 Å². The molecule has 0 amide bonds. The van der Waals surface area contributed by atoms with E-state index in [4.69, 9.17) is 16.1 Å². The van der Waals surface area contributed by atoms with Crippen LogP contribution in [0.15, 0.2) is 125 Å². The number of rotatable bonds is 21. The van der Waals surface area contributed by atoms with E-state index in [1.807, 2.05) is 79.1 Å². The Hall–Kier alpha value is -4.99. The number of aliphatic hydroxyl groups excluding tert-OH is 1. The van der Waals surface area contributed by atoms with Gasteiger partial charge in [-0.2, -0.15) is 0 Å². The van der Waals surface area contributed by atoms with Crippen molar-refractivity contribution >= 4 is 62.9 Å². The highest BCUT2D eigenvalue weighted by Gasteiger charge is 2.33. The van der Waals surface area contributed by atoms with Gasteiger partial charge in [0.15, 0.2) is 9.84 Å². The first-order chi connectivity index (χ1) is 35.4. The number of piperazine rings is 1. The van der Waals surface area contributed by atoms with Crippen LogP contribution in [0.4, 0.5) is 21.5 Å². The summed E-state index contributed by atoms with van der Waals surface area (Å²) in [7, 11) is -7.34. The molecule has 1 N–H and O–H groups in total. The lowest BCUT2D eigenvalue weighted by molar-refractivity contribution is -0.385. The van der Waals surface area contributed by atoms with Gasteiger partial charge in [0.1, 0.15) is 5.82 Å². The van der Waals surface area contributed by atoms with Crippen LogP contribution in [0.1, 0.15) is 62.9 Å². The molecule has 0 saturated carbocycles. The summed E-state index contributed by atoms with van der Waals surface area (Å²) in [6.07, 6.45) is 4.58. The second-order valence-corrected chi connectivity index (χ2v) is 25.9. The lowest BCUT2D eigenvalue weighted by Crippen LogP contribution is -2.46. The Kier molecular flexibility index (Phi) is 18.2. The van der Waals surface area contributed by atoms with Gasteiger partial charge in [-0.25, -0.2) is 12.8 Å². The monoisotopic (exact) mass is 1080 g/mol. The van der Waals surface area contributed by atoms with Crippen molar-refractivity contribution in [1.29, 1.82) is 0 Å². The van der Waals surface area contributed by atoms with Gasteiger partial charge in [-0.1, -0.05) is 60.1 Å². The predicted octanol–water partition coefficient (Wildman–Crippen LogP) is 12.3. The normalized spacial score (nSPS) is 16.2. The molecular weight excluding hydrogens is 1020 g/mol. The van der Waals surface area contributed by atoms with E-state index in [1.165, 1.54) is 24.5 Å². The minimum Gasteiger partial charge on any atom is -0.396 e. The number of halogens is 2. The zero-order valence-electron chi connectivity index (χ0n) is 43.0. The van der Waals surface area contributed by atoms with Crippen LogP contribution in [0.2, 0.25) is 5.02 Å². The number of nitro benzene ring substituents is 1. The van der Waals surface area contributed by atoms with Crippen LogP contribution in [-0.2, 0) is 31.5 Å². The highest BCUT2D eigenvalue weighted by molar-refractivity contribution is 7.99. The third kappa shape index (κ3) is 13.2. The standard InChI is InChI=1S/C57H68ClFN5O7PS2/c1-6-71-72(68,52-21-16-46(54(36-52)64(66)67)32-44(39-73-53-10-8-7-9-11-53)24-27-60-25-22-42(37-65)23-26-60)38-43-12-19-50(20-13-43)61-28-30-62(31-29-61)51-34-47(33-49(59)35-51)55-56(45-14-17-48(58)18-15-45)63(40(2)3)41(4)57(55)74(5,69)70/h7-21,33-36,40,42,44,65H,6,22-32,37-39H2,1-5H3/t44-,72?/m0/s1. The summed E-state index contributed by atoms with van der Waals surface area (Å²) in [6, 6.07) is 35.0. The maximum atomic E-state index is 15.8. The quantitative estimate of drug-likeness (QED) is 0.0319. The van der Waals surface area contributed by atoms with Crippen molar-refractivity contribution in [2.45, 2.75) is 75.4 Å². The molecule has 5 aromatic carbocycles. The Bertz CT molecular complexity index is 3050. The number of benzene rings is 5. The number of thioether (sulfide) groups is 1. The molecular formula is C57H68ClFN5O7PS2. The number of nitro groups is 1. The minimum absolute atomic E-state index is 0.0495. The van der Waals surface area contributed by atoms with Gasteiger partial charge in [-0.3, -0.25) is 14.7 Å². The van der Waals surface area contributed by atoms with Crippen LogP contribution in [-0.4, -0.2) is 99.0 Å². The smallest absolute Gasteiger partial charge is 0.273 e. The first-order valence-electron chi connectivity index (χ1n) is 25.6. The molecule has 2 fully saturated rings. The highest BCUT2D eigenvalue weighted by Crippen LogP contribution is 2.50. The number of aliphatic hydroxyl groups is 1. The Morgan fingerprint density at radius 2 is 1.54 bits per heavy atom. The molecule has 8 rings (SSSR count). The molecule has 1 aromatic heterocycles. The number of hydrogen-bond acceptors (Lipinski definition) is 11. The zero-order chi connectivity index (χ0) is 52.7. The van der Waals surface area contributed by atoms with E-state index >= 15 is 4.39 Å². The van der Waals surface area contributed by atoms with Crippen LogP contribution >= 0.6 is 30.7 Å². The van der Waals surface area contributed by atoms with Crippen molar-refractivity contribution in [1.82, 2.24) is 9.47 Å². The largest absolute Gasteiger partial charge is 0.396 e. The van der Waals surface area contributed by atoms with Gasteiger partial charge < -0.3 is 28.9 Å². The number of nitrogens with zero attached hydrogens (tertiary/aromatic N) is 5. The second-order valence-electron chi connectivity index (χ2n) is 20.0. The Labute approximate surface area is 445 Å². The molecule has 0 radical (unpaired) electrons. The summed E-state index contributed by atoms with van der Waals surface area (Å²) in [5.41, 5.74) is 5.92. The Morgan fingerprint density at radius 3 is 2.15 bits per heavy atom. The van der Waals surface area contributed by atoms with Gasteiger partial charge in [-0.15, -0.1) is 11.8 Å². The lowest BCUT2D eigenvalue weighted by Gasteiger charge is -2.37. The third-order valence-corrected chi connectivity index (χ3v) is 19.7. The van der Waals surface area contributed by atoms with Gasteiger partial charge in [-0.05, 0) is 162 Å². The van der Waals surface area contributed by atoms with Crippen LogP contribution in [0, 0.1) is 34.7 Å². The topological polar surface area (TPSA) is 138 Å². The summed E-state index contributed by atoms with van der Waals surface area (Å²) in [4.78, 5) is 20.5. The molecule has 12 nitrogen and oxygen atoms in total. The van der Waals surface area contributed by atoms with E-state index in [0.717, 1.165) is 66.4 Å². The van der Waals surface area contributed by atoms with Crippen molar-refractivity contribution in [3.8, 4) is 22.4 Å². The number of aromatic nitrogens is 1. The second kappa shape index (κ2) is 24.3. The molecule has 394 valence electrons. The number of anilines is 2. The summed E-state index contributed by atoms with van der Waals surface area (Å²) >= 11 is 8.04. The van der Waals surface area contributed by atoms with E-state index in [0.29, 0.717) is 82.6 Å². The Morgan fingerprint density at radius 1 is 0.878 bits per heavy atom. The fraction of sp³-hybridized carbons (Fsp3) is 0.404. The molecule has 1 unspecified atom stereocenters. The summed E-state index contributed by atoms with van der Waals surface area (Å²) in [5.74, 6) is 0.828. The molecule has 0 bridgehead atoms. The van der Waals surface area contributed by atoms with E-state index in [1.54, 1.807) is 49.9 Å². The summed E-state index contributed by atoms with van der Waals surface area (Å²) < 4.78 is 65.8. The fourth-order valence-electron chi connectivity index (χ4n) is 10.7. The van der Waals surface area contributed by atoms with Gasteiger partial charge >= 0.3 is 0 Å². The van der Waals surface area contributed by atoms with Gasteiger partial charge in [0.25, 0.3) is 5.69 Å². The Balaban J connectivity index is 0.966. The molecule has 2 aliphatic rings. The number of piperidine rings is 1. The molecule has 3 heterocycles. The number of sulfone groups is 1.